The minimum absolute atomic E-state index is 0.192. The van der Waals surface area contributed by atoms with Crippen molar-refractivity contribution in [1.29, 1.82) is 0 Å². The first kappa shape index (κ1) is 16.3. The third-order valence-corrected chi connectivity index (χ3v) is 4.06. The Bertz CT molecular complexity index is 1070. The quantitative estimate of drug-likeness (QED) is 0.525. The van der Waals surface area contributed by atoms with Gasteiger partial charge in [-0.3, -0.25) is 0 Å². The van der Waals surface area contributed by atoms with E-state index in [0.29, 0.717) is 22.2 Å². The molecule has 0 amide bonds. The zero-order valence-corrected chi connectivity index (χ0v) is 14.8. The lowest BCUT2D eigenvalue weighted by atomic mass is 10.2. The van der Waals surface area contributed by atoms with Crippen LogP contribution < -0.4 is 0 Å². The van der Waals surface area contributed by atoms with Crippen LogP contribution in [0.1, 0.15) is 11.3 Å². The van der Waals surface area contributed by atoms with Gasteiger partial charge >= 0.3 is 5.97 Å². The summed E-state index contributed by atoms with van der Waals surface area (Å²) in [6.45, 7) is 0. The van der Waals surface area contributed by atoms with Crippen LogP contribution in [0.2, 0.25) is 5.15 Å². The van der Waals surface area contributed by atoms with Gasteiger partial charge < -0.3 is 9.64 Å². The second kappa shape index (κ2) is 6.27. The first-order chi connectivity index (χ1) is 12.5. The molecule has 0 spiro atoms. The molecule has 0 saturated carbocycles. The summed E-state index contributed by atoms with van der Waals surface area (Å²) < 4.78 is 6.95. The number of carbonyl (C=O) groups is 1. The van der Waals surface area contributed by atoms with E-state index in [9.17, 15) is 4.79 Å². The fourth-order valence-electron chi connectivity index (χ4n) is 2.73. The van der Waals surface area contributed by atoms with Gasteiger partial charge in [-0.1, -0.05) is 29.8 Å². The molecule has 4 rings (SSSR count). The Morgan fingerprint density at radius 1 is 1.15 bits per heavy atom. The first-order valence-corrected chi connectivity index (χ1v) is 8.21. The van der Waals surface area contributed by atoms with Crippen molar-refractivity contribution in [2.45, 2.75) is 0 Å². The number of hydrogen-bond acceptors (Lipinski definition) is 6. The summed E-state index contributed by atoms with van der Waals surface area (Å²) in [7, 11) is 3.63. The maximum Gasteiger partial charge on any atom is 0.366 e. The molecule has 1 aliphatic rings. The lowest BCUT2D eigenvalue weighted by Gasteiger charge is -2.16. The molecule has 2 aromatic heterocycles. The van der Waals surface area contributed by atoms with Gasteiger partial charge in [-0.15, -0.1) is 0 Å². The summed E-state index contributed by atoms with van der Waals surface area (Å²) in [5.41, 5.74) is 2.68. The summed E-state index contributed by atoms with van der Waals surface area (Å²) >= 11 is 6.01. The average Bonchev–Trinajstić information content (AvgIpc) is 3.20. The highest BCUT2D eigenvalue weighted by atomic mass is 35.5. The number of carbonyl (C=O) groups excluding carboxylic acids is 1. The molecule has 0 N–H and O–H groups in total. The van der Waals surface area contributed by atoms with Gasteiger partial charge in [-0.2, -0.15) is 5.10 Å². The molecule has 0 aliphatic carbocycles. The third-order valence-electron chi connectivity index (χ3n) is 3.86. The van der Waals surface area contributed by atoms with Gasteiger partial charge in [-0.25, -0.2) is 19.3 Å². The summed E-state index contributed by atoms with van der Waals surface area (Å²) in [5, 5.41) is 4.59. The van der Waals surface area contributed by atoms with Crippen LogP contribution in [0.4, 0.5) is 0 Å². The molecule has 3 aromatic rings. The van der Waals surface area contributed by atoms with E-state index in [0.717, 1.165) is 5.56 Å². The van der Waals surface area contributed by atoms with Gasteiger partial charge in [0, 0.05) is 19.7 Å². The summed E-state index contributed by atoms with van der Waals surface area (Å²) in [5.74, 6) is -0.255. The number of halogens is 1. The SMILES string of the molecule is CN(C)/C(=C1\N=C(c2ccccc2)OC1=O)c1cnc2ccc(Cl)nn12. The number of nitrogens with zero attached hydrogens (tertiary/aromatic N) is 5. The van der Waals surface area contributed by atoms with E-state index < -0.39 is 5.97 Å². The van der Waals surface area contributed by atoms with Crippen molar-refractivity contribution in [3.05, 3.63) is 70.8 Å². The number of ether oxygens (including phenoxy) is 1. The average molecular weight is 368 g/mol. The zero-order chi connectivity index (χ0) is 18.3. The molecule has 3 heterocycles. The fraction of sp³-hybridized carbons (Fsp3) is 0.111. The van der Waals surface area contributed by atoms with Crippen LogP contribution in [-0.2, 0) is 9.53 Å². The normalized spacial score (nSPS) is 15.8. The number of aromatic nitrogens is 3. The molecule has 7 nitrogen and oxygen atoms in total. The highest BCUT2D eigenvalue weighted by Crippen LogP contribution is 2.27. The van der Waals surface area contributed by atoms with Crippen molar-refractivity contribution < 1.29 is 9.53 Å². The maximum absolute atomic E-state index is 12.5. The Morgan fingerprint density at radius 2 is 1.92 bits per heavy atom. The Balaban J connectivity index is 1.91. The molecule has 8 heteroatoms. The Hall–Kier alpha value is -3.19. The van der Waals surface area contributed by atoms with Crippen LogP contribution >= 0.6 is 11.6 Å². The minimum Gasteiger partial charge on any atom is -0.402 e. The number of cyclic esters (lactones) is 1. The first-order valence-electron chi connectivity index (χ1n) is 7.83. The maximum atomic E-state index is 12.5. The smallest absolute Gasteiger partial charge is 0.366 e. The van der Waals surface area contributed by atoms with Crippen molar-refractivity contribution in [2.24, 2.45) is 4.99 Å². The van der Waals surface area contributed by atoms with Gasteiger partial charge in [0.1, 0.15) is 10.8 Å². The van der Waals surface area contributed by atoms with Crippen LogP contribution in [0.25, 0.3) is 11.3 Å². The predicted molar refractivity (Wildman–Crippen MR) is 97.7 cm³/mol. The monoisotopic (exact) mass is 367 g/mol. The van der Waals surface area contributed by atoms with E-state index in [1.807, 2.05) is 44.4 Å². The fourth-order valence-corrected chi connectivity index (χ4v) is 2.87. The number of imidazole rings is 1. The van der Waals surface area contributed by atoms with E-state index in [-0.39, 0.29) is 11.6 Å². The van der Waals surface area contributed by atoms with Gasteiger partial charge in [0.05, 0.1) is 11.9 Å². The molecule has 0 bridgehead atoms. The largest absolute Gasteiger partial charge is 0.402 e. The molecule has 26 heavy (non-hydrogen) atoms. The third kappa shape index (κ3) is 2.72. The van der Waals surface area contributed by atoms with Gasteiger partial charge in [-0.05, 0) is 24.3 Å². The number of aliphatic imine (C=N–C) groups is 1. The zero-order valence-electron chi connectivity index (χ0n) is 14.0. The molecular formula is C18H14ClN5O2. The van der Waals surface area contributed by atoms with Crippen LogP contribution in [0.15, 0.2) is 59.4 Å². The van der Waals surface area contributed by atoms with Crippen molar-refractivity contribution in [2.75, 3.05) is 14.1 Å². The van der Waals surface area contributed by atoms with E-state index in [1.54, 1.807) is 27.7 Å². The Morgan fingerprint density at radius 3 is 2.65 bits per heavy atom. The lowest BCUT2D eigenvalue weighted by Crippen LogP contribution is -2.16. The van der Waals surface area contributed by atoms with Crippen LogP contribution in [0.5, 0.6) is 0 Å². The topological polar surface area (TPSA) is 72.1 Å². The number of benzene rings is 1. The van der Waals surface area contributed by atoms with Gasteiger partial charge in [0.2, 0.25) is 5.90 Å². The summed E-state index contributed by atoms with van der Waals surface area (Å²) in [4.78, 5) is 23.0. The standard InChI is InChI=1S/C18H14ClN5O2/c1-23(2)16(12-10-20-14-9-8-13(19)22-24(12)14)15-18(25)26-17(21-15)11-6-4-3-5-7-11/h3-10H,1-2H3/b16-15-. The molecule has 0 atom stereocenters. The molecular weight excluding hydrogens is 354 g/mol. The predicted octanol–water partition coefficient (Wildman–Crippen LogP) is 2.62. The number of esters is 1. The molecule has 130 valence electrons. The number of fused-ring (bicyclic) bond motifs is 1. The van der Waals surface area contributed by atoms with Crippen LogP contribution in [0, 0.1) is 0 Å². The summed E-state index contributed by atoms with van der Waals surface area (Å²) in [6.07, 6.45) is 1.63. The molecule has 0 radical (unpaired) electrons. The van der Waals surface area contributed by atoms with Crippen LogP contribution in [0.3, 0.4) is 0 Å². The lowest BCUT2D eigenvalue weighted by molar-refractivity contribution is -0.130. The van der Waals surface area contributed by atoms with Gasteiger partial charge in [0.15, 0.2) is 11.3 Å². The second-order valence-electron chi connectivity index (χ2n) is 5.83. The Labute approximate surface area is 154 Å². The van der Waals surface area contributed by atoms with Crippen molar-refractivity contribution in [3.8, 4) is 0 Å². The Kier molecular flexibility index (Phi) is 3.93. The highest BCUT2D eigenvalue weighted by molar-refractivity contribution is 6.29. The molecule has 0 unspecified atom stereocenters. The highest BCUT2D eigenvalue weighted by Gasteiger charge is 2.30. The van der Waals surface area contributed by atoms with E-state index >= 15 is 0 Å². The van der Waals surface area contributed by atoms with E-state index in [2.05, 4.69) is 15.1 Å². The minimum atomic E-state index is -0.524. The van der Waals surface area contributed by atoms with Crippen molar-refractivity contribution in [3.63, 3.8) is 0 Å². The van der Waals surface area contributed by atoms with E-state index in [1.165, 1.54) is 0 Å². The van der Waals surface area contributed by atoms with Crippen molar-refractivity contribution >= 4 is 34.8 Å². The van der Waals surface area contributed by atoms with E-state index in [4.69, 9.17) is 16.3 Å². The van der Waals surface area contributed by atoms with Crippen molar-refractivity contribution in [1.82, 2.24) is 19.5 Å². The second-order valence-corrected chi connectivity index (χ2v) is 6.22. The molecule has 1 aliphatic heterocycles. The number of rotatable bonds is 3. The molecule has 0 saturated heterocycles. The summed E-state index contributed by atoms with van der Waals surface area (Å²) in [6, 6.07) is 12.7. The van der Waals surface area contributed by atoms with Crippen LogP contribution in [-0.4, -0.2) is 45.5 Å². The number of hydrogen-bond donors (Lipinski definition) is 0. The molecule has 1 aromatic carbocycles. The van der Waals surface area contributed by atoms with Gasteiger partial charge in [0.25, 0.3) is 0 Å². The molecule has 0 fully saturated rings.